The third kappa shape index (κ3) is 27.9. The fourth-order valence-corrected chi connectivity index (χ4v) is 14.3. The smallest absolute Gasteiger partial charge is 0.341 e. The van der Waals surface area contributed by atoms with Crippen molar-refractivity contribution in [2.75, 3.05) is 99.5 Å². The molecule has 0 unspecified atom stereocenters. The van der Waals surface area contributed by atoms with Crippen molar-refractivity contribution in [3.63, 3.8) is 0 Å². The average Bonchev–Trinajstić information content (AvgIpc) is 0.806. The second kappa shape index (κ2) is 49.5. The van der Waals surface area contributed by atoms with Gasteiger partial charge in [-0.1, -0.05) is 133 Å². The summed E-state index contributed by atoms with van der Waals surface area (Å²) in [5.41, 5.74) is 16.7. The van der Waals surface area contributed by atoms with Gasteiger partial charge in [-0.05, 0) is 293 Å². The molecule has 0 saturated heterocycles. The number of benzene rings is 14. The summed E-state index contributed by atoms with van der Waals surface area (Å²) in [7, 11) is 20.8. The Morgan fingerprint density at radius 2 is 0.291 bits per heavy atom. The molecule has 134 heavy (non-hydrogen) atoms. The zero-order chi connectivity index (χ0) is 95.4. The third-order valence-electron chi connectivity index (χ3n) is 21.5. The SMILES string of the molecule is COC(=O)c1cc(Cc2ccc(OC)cc2)ccc1OC.COC(=O)c1cc(Cc2ccc(OC)cc2)ccc1Oc1ccc(Cc2ccc(OC)cc2)cc1.COC(=O)c1cc(Cc2ccc(OC)cc2)ccc1Oc1ccc(Cc2ccc(OC)cc2)cc1C(=O)OC.COC(=O)c1cc(Cc2ccc(Oc3ccc(Cc4ccc(OC)c(C(=O)OC)c4)cc3)cc2)ccc1OC. The Labute approximate surface area is 780 Å². The first-order valence-electron chi connectivity index (χ1n) is 42.5. The molecule has 23 heteroatoms. The van der Waals surface area contributed by atoms with Crippen LogP contribution in [0, 0.1) is 0 Å². The van der Waals surface area contributed by atoms with Crippen molar-refractivity contribution in [1.29, 1.82) is 0 Å². The second-order valence-corrected chi connectivity index (χ2v) is 30.3. The highest BCUT2D eigenvalue weighted by Gasteiger charge is 2.23. The molecule has 0 aliphatic rings. The van der Waals surface area contributed by atoms with E-state index in [4.69, 9.17) is 80.5 Å². The Morgan fingerprint density at radius 3 is 0.463 bits per heavy atom. The number of ether oxygens (including phenoxy) is 17. The van der Waals surface area contributed by atoms with Crippen molar-refractivity contribution >= 4 is 35.8 Å². The minimum absolute atomic E-state index is 0.252. The maximum atomic E-state index is 12.7. The first kappa shape index (κ1) is 98.3. The van der Waals surface area contributed by atoms with Crippen molar-refractivity contribution in [1.82, 2.24) is 0 Å². The van der Waals surface area contributed by atoms with E-state index >= 15 is 0 Å². The number of carbonyl (C=O) groups excluding carboxylic acids is 6. The number of esters is 6. The molecule has 14 aromatic rings. The summed E-state index contributed by atoms with van der Waals surface area (Å²) in [6.45, 7) is 0. The summed E-state index contributed by atoms with van der Waals surface area (Å²) in [5, 5.41) is 0. The quantitative estimate of drug-likeness (QED) is 0.0268. The van der Waals surface area contributed by atoms with Gasteiger partial charge in [0, 0.05) is 0 Å². The second-order valence-electron chi connectivity index (χ2n) is 30.3. The lowest BCUT2D eigenvalue weighted by atomic mass is 10.0. The largest absolute Gasteiger partial charge is 0.497 e. The fourth-order valence-electron chi connectivity index (χ4n) is 14.3. The molecule has 688 valence electrons. The highest BCUT2D eigenvalue weighted by molar-refractivity contribution is 5.96. The van der Waals surface area contributed by atoms with Gasteiger partial charge in [0.25, 0.3) is 0 Å². The Bertz CT molecular complexity index is 6030. The molecule has 14 rings (SSSR count). The van der Waals surface area contributed by atoms with E-state index in [9.17, 15) is 28.8 Å². The molecule has 0 aliphatic heterocycles. The molecule has 14 aromatic carbocycles. The number of rotatable bonds is 34. The molecule has 0 atom stereocenters. The van der Waals surface area contributed by atoms with Crippen LogP contribution in [0.15, 0.2) is 303 Å². The first-order chi connectivity index (χ1) is 65.1. The molecule has 0 N–H and O–H groups in total. The van der Waals surface area contributed by atoms with Gasteiger partial charge in [0.15, 0.2) is 0 Å². The minimum atomic E-state index is -0.544. The molecule has 0 fully saturated rings. The molecule has 0 saturated carbocycles. The Kier molecular flexibility index (Phi) is 36.3. The van der Waals surface area contributed by atoms with Gasteiger partial charge < -0.3 is 80.5 Å². The summed E-state index contributed by atoms with van der Waals surface area (Å²) in [6, 6.07) is 95.4. The van der Waals surface area contributed by atoms with Crippen molar-refractivity contribution in [2.45, 2.75) is 44.9 Å². The molecule has 0 amide bonds. The van der Waals surface area contributed by atoms with Crippen molar-refractivity contribution in [3.05, 3.63) is 415 Å². The molecular weight excluding hydrogens is 1700 g/mol. The van der Waals surface area contributed by atoms with Crippen LogP contribution < -0.4 is 52.1 Å². The lowest BCUT2D eigenvalue weighted by Crippen LogP contribution is -2.08. The molecule has 0 spiro atoms. The Hall–Kier alpha value is -16.3. The van der Waals surface area contributed by atoms with E-state index in [0.717, 1.165) is 114 Å². The highest BCUT2D eigenvalue weighted by atomic mass is 16.6. The minimum Gasteiger partial charge on any atom is -0.497 e. The summed E-state index contributed by atoms with van der Waals surface area (Å²) in [4.78, 5) is 73.7. The summed E-state index contributed by atoms with van der Waals surface area (Å²) < 4.78 is 89.5. The summed E-state index contributed by atoms with van der Waals surface area (Å²) in [5.74, 6) is 5.79. The van der Waals surface area contributed by atoms with Gasteiger partial charge in [-0.15, -0.1) is 0 Å². The standard InChI is InChI=1S/2C32H30O7.C30H28O5.C17H18O4/c1-35-29-15-9-23(19-27(29)31(33)37-3)17-21-5-11-25(12-6-21)39-26-13-7-22(8-14-26)18-24-10-16-30(36-2)28(20-24)32(34)38-4;1-35-25-11-5-21(6-12-25)17-23-9-15-29(27(19-23)31(33)37-3)39-30-16-10-24(20-28(30)32(34)38-4)18-22-7-13-26(36-2)14-8-22;1-32-25-11-4-21(5-12-25)18-22-8-15-27(16-9-22)35-29-17-10-24(20-28(29)30(31)34-3)19-23-6-13-26(33-2)14-7-23;1-19-14-7-4-12(5-8-14)10-13-6-9-16(20-2)15(11-13)17(18)21-3/h2*5-16,19-20H,17-18H2,1-4H3;4-17,20H,18-19H2,1-3H3;4-9,11H,10H2,1-3H3. The zero-order valence-corrected chi connectivity index (χ0v) is 77.2. The van der Waals surface area contributed by atoms with E-state index in [1.54, 1.807) is 96.2 Å². The van der Waals surface area contributed by atoms with Crippen LogP contribution in [0.4, 0.5) is 0 Å². The van der Waals surface area contributed by atoms with Gasteiger partial charge in [0.1, 0.15) is 114 Å². The van der Waals surface area contributed by atoms with Crippen LogP contribution in [-0.4, -0.2) is 135 Å². The van der Waals surface area contributed by atoms with Gasteiger partial charge in [-0.2, -0.15) is 0 Å². The van der Waals surface area contributed by atoms with Gasteiger partial charge in [0.05, 0.1) is 99.5 Å². The molecule has 0 bridgehead atoms. The van der Waals surface area contributed by atoms with Crippen molar-refractivity contribution in [3.8, 4) is 80.5 Å². The molecule has 0 aromatic heterocycles. The monoisotopic (exact) mass is 1810 g/mol. The number of hydrogen-bond acceptors (Lipinski definition) is 23. The van der Waals surface area contributed by atoms with Gasteiger partial charge in [-0.25, -0.2) is 28.8 Å². The molecule has 0 radical (unpaired) electrons. The van der Waals surface area contributed by atoms with Crippen molar-refractivity contribution in [2.24, 2.45) is 0 Å². The molecule has 23 nitrogen and oxygen atoms in total. The van der Waals surface area contributed by atoms with Crippen LogP contribution in [-0.2, 0) is 73.4 Å². The molecular formula is C111H106O23. The van der Waals surface area contributed by atoms with E-state index in [1.165, 1.54) is 69.6 Å². The van der Waals surface area contributed by atoms with Crippen LogP contribution in [0.2, 0.25) is 0 Å². The maximum Gasteiger partial charge on any atom is 0.341 e. The molecule has 0 heterocycles. The highest BCUT2D eigenvalue weighted by Crippen LogP contribution is 2.36. The normalized spacial score (nSPS) is 10.4. The predicted molar refractivity (Wildman–Crippen MR) is 511 cm³/mol. The van der Waals surface area contributed by atoms with Crippen LogP contribution in [0.25, 0.3) is 0 Å². The van der Waals surface area contributed by atoms with E-state index in [0.29, 0.717) is 94.6 Å². The van der Waals surface area contributed by atoms with E-state index in [2.05, 4.69) is 12.1 Å². The van der Waals surface area contributed by atoms with Gasteiger partial charge in [0.2, 0.25) is 0 Å². The lowest BCUT2D eigenvalue weighted by Gasteiger charge is -2.15. The van der Waals surface area contributed by atoms with Gasteiger partial charge in [-0.3, -0.25) is 0 Å². The summed E-state index contributed by atoms with van der Waals surface area (Å²) >= 11 is 0. The topological polar surface area (TPSA) is 259 Å². The van der Waals surface area contributed by atoms with E-state index < -0.39 is 35.8 Å². The van der Waals surface area contributed by atoms with Crippen LogP contribution in [0.1, 0.15) is 140 Å². The van der Waals surface area contributed by atoms with Crippen LogP contribution in [0.5, 0.6) is 80.5 Å². The van der Waals surface area contributed by atoms with E-state index in [-0.39, 0.29) is 22.6 Å². The molecule has 0 aliphatic carbocycles. The first-order valence-corrected chi connectivity index (χ1v) is 42.5. The number of methoxy groups -OCH3 is 14. The van der Waals surface area contributed by atoms with Crippen LogP contribution in [0.3, 0.4) is 0 Å². The summed E-state index contributed by atoms with van der Waals surface area (Å²) in [6.07, 6.45) is 4.69. The third-order valence-corrected chi connectivity index (χ3v) is 21.5. The maximum absolute atomic E-state index is 12.7. The number of carbonyl (C=O) groups is 6. The average molecular weight is 1810 g/mol. The van der Waals surface area contributed by atoms with Gasteiger partial charge >= 0.3 is 35.8 Å². The predicted octanol–water partition coefficient (Wildman–Crippen LogP) is 22.0. The fraction of sp³-hybridized carbons (Fsp3) is 0.189. The Balaban J connectivity index is 0.000000176. The lowest BCUT2D eigenvalue weighted by molar-refractivity contribution is 0.0585. The van der Waals surface area contributed by atoms with E-state index in [1.807, 2.05) is 231 Å². The van der Waals surface area contributed by atoms with Crippen molar-refractivity contribution < 1.29 is 109 Å². The zero-order valence-electron chi connectivity index (χ0n) is 77.2. The Morgan fingerprint density at radius 1 is 0.149 bits per heavy atom. The number of hydrogen-bond donors (Lipinski definition) is 0. The van der Waals surface area contributed by atoms with Crippen LogP contribution >= 0.6 is 0 Å².